The second-order valence-electron chi connectivity index (χ2n) is 6.32. The molecule has 8 heteroatoms. The van der Waals surface area contributed by atoms with Gasteiger partial charge in [-0.05, 0) is 39.3 Å². The molecule has 0 aromatic heterocycles. The van der Waals surface area contributed by atoms with Gasteiger partial charge in [-0.3, -0.25) is 10.1 Å². The molecule has 1 rings (SSSR count). The molecule has 0 atom stereocenters. The van der Waals surface area contributed by atoms with Crippen LogP contribution in [0.2, 0.25) is 0 Å². The standard InChI is InChI=1S/C16H25N3O5/c1-16(2,3)24-15(20)18(4)10-6-9-17-13-8-7-12(23-5)11-14(13)19(21)22/h7-8,11,17H,6,9-10H2,1-5H3. The average Bonchev–Trinajstić information content (AvgIpc) is 2.49. The van der Waals surface area contributed by atoms with E-state index in [4.69, 9.17) is 9.47 Å². The number of amides is 1. The van der Waals surface area contributed by atoms with Crippen LogP contribution in [0, 0.1) is 10.1 Å². The van der Waals surface area contributed by atoms with Crippen molar-refractivity contribution < 1.29 is 19.2 Å². The highest BCUT2D eigenvalue weighted by atomic mass is 16.6. The summed E-state index contributed by atoms with van der Waals surface area (Å²) < 4.78 is 10.2. The maximum Gasteiger partial charge on any atom is 0.410 e. The van der Waals surface area contributed by atoms with E-state index in [2.05, 4.69) is 5.32 Å². The summed E-state index contributed by atoms with van der Waals surface area (Å²) in [6, 6.07) is 4.63. The summed E-state index contributed by atoms with van der Waals surface area (Å²) in [7, 11) is 3.11. The number of nitrogens with zero attached hydrogens (tertiary/aromatic N) is 2. The number of nitro benzene ring substituents is 1. The number of carbonyl (C=O) groups excluding carboxylic acids is 1. The minimum atomic E-state index is -0.534. The van der Waals surface area contributed by atoms with E-state index in [1.165, 1.54) is 18.1 Å². The van der Waals surface area contributed by atoms with Crippen molar-refractivity contribution in [2.75, 3.05) is 32.6 Å². The molecule has 1 aromatic rings. The van der Waals surface area contributed by atoms with Crippen molar-refractivity contribution >= 4 is 17.5 Å². The number of nitrogens with one attached hydrogen (secondary N) is 1. The van der Waals surface area contributed by atoms with Crippen LogP contribution in [0.25, 0.3) is 0 Å². The maximum atomic E-state index is 11.8. The third-order valence-corrected chi connectivity index (χ3v) is 3.09. The fraction of sp³-hybridized carbons (Fsp3) is 0.562. The van der Waals surface area contributed by atoms with Crippen LogP contribution in [-0.2, 0) is 4.74 Å². The van der Waals surface area contributed by atoms with E-state index in [1.807, 2.05) is 20.8 Å². The summed E-state index contributed by atoms with van der Waals surface area (Å²) in [6.45, 7) is 6.39. The first-order chi connectivity index (χ1) is 11.1. The molecule has 8 nitrogen and oxygen atoms in total. The lowest BCUT2D eigenvalue weighted by molar-refractivity contribution is -0.384. The Balaban J connectivity index is 2.51. The van der Waals surface area contributed by atoms with Gasteiger partial charge in [-0.1, -0.05) is 0 Å². The van der Waals surface area contributed by atoms with Gasteiger partial charge in [0.2, 0.25) is 0 Å². The maximum absolute atomic E-state index is 11.8. The Morgan fingerprint density at radius 2 is 2.04 bits per heavy atom. The van der Waals surface area contributed by atoms with Gasteiger partial charge in [0, 0.05) is 20.1 Å². The van der Waals surface area contributed by atoms with E-state index < -0.39 is 16.6 Å². The van der Waals surface area contributed by atoms with Crippen LogP contribution in [0.15, 0.2) is 18.2 Å². The molecule has 1 aromatic carbocycles. The van der Waals surface area contributed by atoms with Gasteiger partial charge in [0.1, 0.15) is 17.0 Å². The predicted molar refractivity (Wildman–Crippen MR) is 91.6 cm³/mol. The van der Waals surface area contributed by atoms with Gasteiger partial charge in [0.25, 0.3) is 5.69 Å². The molecular formula is C16H25N3O5. The lowest BCUT2D eigenvalue weighted by Gasteiger charge is -2.24. The van der Waals surface area contributed by atoms with Crippen LogP contribution in [0.1, 0.15) is 27.2 Å². The summed E-state index contributed by atoms with van der Waals surface area (Å²) in [4.78, 5) is 23.9. The first kappa shape index (κ1) is 19.5. The Hall–Kier alpha value is -2.51. The summed E-state index contributed by atoms with van der Waals surface area (Å²) in [6.07, 6.45) is 0.233. The number of benzene rings is 1. The van der Waals surface area contributed by atoms with E-state index in [0.29, 0.717) is 30.9 Å². The first-order valence-electron chi connectivity index (χ1n) is 7.64. The third kappa shape index (κ3) is 6.31. The molecule has 0 aliphatic heterocycles. The zero-order valence-corrected chi connectivity index (χ0v) is 14.8. The molecule has 0 fully saturated rings. The zero-order chi connectivity index (χ0) is 18.3. The fourth-order valence-electron chi connectivity index (χ4n) is 1.91. The number of rotatable bonds is 7. The monoisotopic (exact) mass is 339 g/mol. The van der Waals surface area contributed by atoms with Crippen molar-refractivity contribution in [3.05, 3.63) is 28.3 Å². The number of anilines is 1. The van der Waals surface area contributed by atoms with Crippen molar-refractivity contribution in [1.29, 1.82) is 0 Å². The molecule has 0 aliphatic carbocycles. The second-order valence-corrected chi connectivity index (χ2v) is 6.32. The van der Waals surface area contributed by atoms with Gasteiger partial charge >= 0.3 is 6.09 Å². The SMILES string of the molecule is COc1ccc(NCCCN(C)C(=O)OC(C)(C)C)c([N+](=O)[O-])c1. The Morgan fingerprint density at radius 3 is 2.58 bits per heavy atom. The molecule has 0 spiro atoms. The van der Waals surface area contributed by atoms with Gasteiger partial charge < -0.3 is 19.7 Å². The van der Waals surface area contributed by atoms with Gasteiger partial charge in [0.05, 0.1) is 18.1 Å². The average molecular weight is 339 g/mol. The van der Waals surface area contributed by atoms with Crippen LogP contribution in [0.3, 0.4) is 0 Å². The molecule has 0 heterocycles. The smallest absolute Gasteiger partial charge is 0.410 e. The summed E-state index contributed by atoms with van der Waals surface area (Å²) in [5.74, 6) is 0.428. The highest BCUT2D eigenvalue weighted by Gasteiger charge is 2.19. The van der Waals surface area contributed by atoms with Crippen LogP contribution < -0.4 is 10.1 Å². The first-order valence-corrected chi connectivity index (χ1v) is 7.64. The van der Waals surface area contributed by atoms with E-state index >= 15 is 0 Å². The molecule has 1 N–H and O–H groups in total. The van der Waals surface area contributed by atoms with Crippen molar-refractivity contribution in [2.45, 2.75) is 32.8 Å². The van der Waals surface area contributed by atoms with Gasteiger partial charge in [-0.2, -0.15) is 0 Å². The van der Waals surface area contributed by atoms with Crippen LogP contribution in [0.5, 0.6) is 5.75 Å². The molecule has 0 bridgehead atoms. The molecule has 24 heavy (non-hydrogen) atoms. The van der Waals surface area contributed by atoms with Gasteiger partial charge in [-0.25, -0.2) is 4.79 Å². The van der Waals surface area contributed by atoms with E-state index in [1.54, 1.807) is 19.2 Å². The molecule has 0 saturated heterocycles. The molecule has 0 radical (unpaired) electrons. The van der Waals surface area contributed by atoms with Gasteiger partial charge in [-0.15, -0.1) is 0 Å². The molecule has 0 aliphatic rings. The fourth-order valence-corrected chi connectivity index (χ4v) is 1.91. The number of hydrogen-bond donors (Lipinski definition) is 1. The van der Waals surface area contributed by atoms with Crippen LogP contribution >= 0.6 is 0 Å². The highest BCUT2D eigenvalue weighted by Crippen LogP contribution is 2.28. The van der Waals surface area contributed by atoms with E-state index in [0.717, 1.165) is 0 Å². The predicted octanol–water partition coefficient (Wildman–Crippen LogP) is 3.27. The van der Waals surface area contributed by atoms with Gasteiger partial charge in [0.15, 0.2) is 0 Å². The number of methoxy groups -OCH3 is 1. The number of ether oxygens (including phenoxy) is 2. The van der Waals surface area contributed by atoms with Crippen molar-refractivity contribution in [2.24, 2.45) is 0 Å². The van der Waals surface area contributed by atoms with E-state index in [9.17, 15) is 14.9 Å². The number of nitro groups is 1. The Labute approximate surface area is 141 Å². The van der Waals surface area contributed by atoms with Crippen molar-refractivity contribution in [1.82, 2.24) is 4.90 Å². The summed E-state index contributed by atoms with van der Waals surface area (Å²) >= 11 is 0. The third-order valence-electron chi connectivity index (χ3n) is 3.09. The summed E-state index contributed by atoms with van der Waals surface area (Å²) in [5, 5.41) is 14.1. The minimum absolute atomic E-state index is 0.0464. The van der Waals surface area contributed by atoms with Crippen LogP contribution in [0.4, 0.5) is 16.2 Å². The molecular weight excluding hydrogens is 314 g/mol. The highest BCUT2D eigenvalue weighted by molar-refractivity contribution is 5.67. The zero-order valence-electron chi connectivity index (χ0n) is 14.8. The van der Waals surface area contributed by atoms with E-state index in [-0.39, 0.29) is 5.69 Å². The quantitative estimate of drug-likeness (QED) is 0.465. The molecule has 134 valence electrons. The topological polar surface area (TPSA) is 93.9 Å². The Bertz CT molecular complexity index is 584. The number of hydrogen-bond acceptors (Lipinski definition) is 6. The lowest BCUT2D eigenvalue weighted by atomic mass is 10.2. The lowest BCUT2D eigenvalue weighted by Crippen LogP contribution is -2.35. The Morgan fingerprint density at radius 1 is 1.38 bits per heavy atom. The molecule has 1 amide bonds. The Kier molecular flexibility index (Phi) is 6.82. The number of carbonyl (C=O) groups is 1. The minimum Gasteiger partial charge on any atom is -0.496 e. The second kappa shape index (κ2) is 8.37. The van der Waals surface area contributed by atoms with Crippen LogP contribution in [-0.4, -0.2) is 48.8 Å². The molecule has 0 unspecified atom stereocenters. The summed E-state index contributed by atoms with van der Waals surface area (Å²) in [5.41, 5.74) is -0.164. The van der Waals surface area contributed by atoms with Crippen molar-refractivity contribution in [3.8, 4) is 5.75 Å². The van der Waals surface area contributed by atoms with Crippen molar-refractivity contribution in [3.63, 3.8) is 0 Å². The largest absolute Gasteiger partial charge is 0.496 e. The normalized spacial score (nSPS) is 10.9. The molecule has 0 saturated carbocycles.